The fourth-order valence-electron chi connectivity index (χ4n) is 2.59. The summed E-state index contributed by atoms with van der Waals surface area (Å²) in [5, 5.41) is 3.35. The first kappa shape index (κ1) is 15.0. The summed E-state index contributed by atoms with van der Waals surface area (Å²) in [6.07, 6.45) is 6.66. The molecule has 0 bridgehead atoms. The summed E-state index contributed by atoms with van der Waals surface area (Å²) >= 11 is 0. The van der Waals surface area contributed by atoms with Gasteiger partial charge in [-0.3, -0.25) is 0 Å². The predicted octanol–water partition coefficient (Wildman–Crippen LogP) is 2.61. The van der Waals surface area contributed by atoms with Crippen LogP contribution in [0.1, 0.15) is 38.2 Å². The summed E-state index contributed by atoms with van der Waals surface area (Å²) in [5.41, 5.74) is 1.11. The van der Waals surface area contributed by atoms with Gasteiger partial charge in [-0.2, -0.15) is 0 Å². The fourth-order valence-corrected chi connectivity index (χ4v) is 2.59. The number of aromatic nitrogens is 2. The summed E-state index contributed by atoms with van der Waals surface area (Å²) in [6.45, 7) is 6.95. The Morgan fingerprint density at radius 2 is 2.25 bits per heavy atom. The van der Waals surface area contributed by atoms with Crippen LogP contribution >= 0.6 is 0 Å². The molecule has 5 nitrogen and oxygen atoms in total. The zero-order valence-electron chi connectivity index (χ0n) is 12.9. The maximum atomic E-state index is 5.80. The van der Waals surface area contributed by atoms with Crippen molar-refractivity contribution in [1.29, 1.82) is 0 Å². The molecule has 1 N–H and O–H groups in total. The minimum atomic E-state index is 0.329. The van der Waals surface area contributed by atoms with Crippen LogP contribution in [0.3, 0.4) is 0 Å². The lowest BCUT2D eigenvalue weighted by Gasteiger charge is -2.29. The van der Waals surface area contributed by atoms with Crippen molar-refractivity contribution in [3.63, 3.8) is 0 Å². The zero-order valence-corrected chi connectivity index (χ0v) is 12.9. The largest absolute Gasteiger partial charge is 0.376 e. The molecule has 20 heavy (non-hydrogen) atoms. The van der Waals surface area contributed by atoms with Crippen molar-refractivity contribution in [2.45, 2.75) is 45.6 Å². The van der Waals surface area contributed by atoms with E-state index in [-0.39, 0.29) is 0 Å². The van der Waals surface area contributed by atoms with Crippen LogP contribution in [-0.2, 0) is 4.74 Å². The van der Waals surface area contributed by atoms with Crippen LogP contribution in [0.2, 0.25) is 0 Å². The van der Waals surface area contributed by atoms with E-state index in [9.17, 15) is 0 Å². The van der Waals surface area contributed by atoms with Crippen molar-refractivity contribution in [2.75, 3.05) is 37.0 Å². The van der Waals surface area contributed by atoms with Crippen molar-refractivity contribution < 1.29 is 4.74 Å². The second-order valence-corrected chi connectivity index (χ2v) is 5.47. The minimum Gasteiger partial charge on any atom is -0.376 e. The molecule has 0 aromatic carbocycles. The Morgan fingerprint density at radius 3 is 2.95 bits per heavy atom. The van der Waals surface area contributed by atoms with Gasteiger partial charge in [-0.25, -0.2) is 9.97 Å². The number of hydrogen-bond acceptors (Lipinski definition) is 5. The lowest BCUT2D eigenvalue weighted by molar-refractivity contribution is 0.0215. The van der Waals surface area contributed by atoms with Gasteiger partial charge in [0.1, 0.15) is 18.0 Å². The molecule has 0 aliphatic carbocycles. The van der Waals surface area contributed by atoms with Gasteiger partial charge < -0.3 is 15.0 Å². The Hall–Kier alpha value is -1.36. The normalized spacial score (nSPS) is 18.9. The molecule has 0 radical (unpaired) electrons. The molecule has 2 heterocycles. The molecule has 0 amide bonds. The summed E-state index contributed by atoms with van der Waals surface area (Å²) in [5.74, 6) is 1.93. The summed E-state index contributed by atoms with van der Waals surface area (Å²) in [6, 6.07) is 0. The van der Waals surface area contributed by atoms with Crippen molar-refractivity contribution in [3.8, 4) is 0 Å². The Morgan fingerprint density at radius 1 is 1.40 bits per heavy atom. The van der Waals surface area contributed by atoms with Gasteiger partial charge in [0, 0.05) is 32.3 Å². The van der Waals surface area contributed by atoms with E-state index >= 15 is 0 Å². The van der Waals surface area contributed by atoms with E-state index in [4.69, 9.17) is 4.74 Å². The summed E-state index contributed by atoms with van der Waals surface area (Å²) in [7, 11) is 2.08. The minimum absolute atomic E-state index is 0.329. The third-order valence-electron chi connectivity index (χ3n) is 3.71. The molecular formula is C15H26N4O. The van der Waals surface area contributed by atoms with E-state index in [0.29, 0.717) is 6.10 Å². The molecule has 1 aliphatic rings. The Kier molecular flexibility index (Phi) is 5.59. The van der Waals surface area contributed by atoms with Crippen LogP contribution in [0.15, 0.2) is 6.33 Å². The quantitative estimate of drug-likeness (QED) is 0.867. The van der Waals surface area contributed by atoms with Crippen LogP contribution < -0.4 is 10.2 Å². The lowest BCUT2D eigenvalue weighted by Crippen LogP contribution is -2.34. The van der Waals surface area contributed by atoms with Gasteiger partial charge in [-0.05, 0) is 32.6 Å². The molecule has 1 fully saturated rings. The number of anilines is 2. The zero-order chi connectivity index (χ0) is 14.4. The van der Waals surface area contributed by atoms with Gasteiger partial charge >= 0.3 is 0 Å². The maximum Gasteiger partial charge on any atom is 0.136 e. The molecule has 5 heteroatoms. The second kappa shape index (κ2) is 7.43. The van der Waals surface area contributed by atoms with Gasteiger partial charge in [0.05, 0.1) is 6.10 Å². The van der Waals surface area contributed by atoms with E-state index < -0.39 is 0 Å². The van der Waals surface area contributed by atoms with Crippen LogP contribution in [0, 0.1) is 6.92 Å². The molecule has 0 spiro atoms. The molecule has 1 atom stereocenters. The first-order valence-electron chi connectivity index (χ1n) is 7.60. The smallest absolute Gasteiger partial charge is 0.136 e. The lowest BCUT2D eigenvalue weighted by atomic mass is 10.1. The highest BCUT2D eigenvalue weighted by molar-refractivity contribution is 5.57. The molecule has 1 saturated heterocycles. The Bertz CT molecular complexity index is 418. The van der Waals surface area contributed by atoms with Crippen molar-refractivity contribution in [1.82, 2.24) is 9.97 Å². The first-order chi connectivity index (χ1) is 9.72. The number of rotatable bonds is 6. The molecule has 0 saturated carbocycles. The molecule has 1 aromatic heterocycles. The summed E-state index contributed by atoms with van der Waals surface area (Å²) < 4.78 is 5.80. The molecule has 1 aliphatic heterocycles. The Labute approximate surface area is 121 Å². The van der Waals surface area contributed by atoms with Gasteiger partial charge in [-0.15, -0.1) is 0 Å². The van der Waals surface area contributed by atoms with E-state index in [1.807, 2.05) is 0 Å². The topological polar surface area (TPSA) is 50.3 Å². The van der Waals surface area contributed by atoms with Crippen LogP contribution in [0.5, 0.6) is 0 Å². The van der Waals surface area contributed by atoms with Crippen LogP contribution in [0.4, 0.5) is 11.6 Å². The number of ether oxygens (including phenoxy) is 1. The third kappa shape index (κ3) is 3.82. The van der Waals surface area contributed by atoms with E-state index in [1.54, 1.807) is 6.33 Å². The van der Waals surface area contributed by atoms with Gasteiger partial charge in [0.15, 0.2) is 0 Å². The molecular weight excluding hydrogens is 252 g/mol. The fraction of sp³-hybridized carbons (Fsp3) is 0.733. The Balaban J connectivity index is 2.02. The van der Waals surface area contributed by atoms with Gasteiger partial charge in [0.25, 0.3) is 0 Å². The van der Waals surface area contributed by atoms with Crippen molar-refractivity contribution in [3.05, 3.63) is 11.9 Å². The highest BCUT2D eigenvalue weighted by atomic mass is 16.5. The standard InChI is InChI=1S/C15H26N4O/c1-4-8-16-14-12(2)15(18-11-17-14)19(3)10-13-7-5-6-9-20-13/h11,13H,4-10H2,1-3H3,(H,16,17,18). The first-order valence-corrected chi connectivity index (χ1v) is 7.60. The number of hydrogen-bond donors (Lipinski definition) is 1. The van der Waals surface area contributed by atoms with E-state index in [2.05, 4.69) is 41.1 Å². The monoisotopic (exact) mass is 278 g/mol. The SMILES string of the molecule is CCCNc1ncnc(N(C)CC2CCCCO2)c1C. The number of likely N-dealkylation sites (N-methyl/N-ethyl adjacent to an activating group) is 1. The maximum absolute atomic E-state index is 5.80. The average molecular weight is 278 g/mol. The third-order valence-corrected chi connectivity index (χ3v) is 3.71. The number of nitrogens with one attached hydrogen (secondary N) is 1. The van der Waals surface area contributed by atoms with E-state index in [0.717, 1.165) is 49.7 Å². The summed E-state index contributed by atoms with van der Waals surface area (Å²) in [4.78, 5) is 10.9. The molecule has 1 aromatic rings. The average Bonchev–Trinajstić information content (AvgIpc) is 2.47. The van der Waals surface area contributed by atoms with Gasteiger partial charge in [-0.1, -0.05) is 6.92 Å². The molecule has 1 unspecified atom stereocenters. The molecule has 112 valence electrons. The molecule has 2 rings (SSSR count). The highest BCUT2D eigenvalue weighted by Crippen LogP contribution is 2.23. The van der Waals surface area contributed by atoms with Crippen LogP contribution in [-0.4, -0.2) is 42.8 Å². The van der Waals surface area contributed by atoms with E-state index in [1.165, 1.54) is 12.8 Å². The predicted molar refractivity (Wildman–Crippen MR) is 82.4 cm³/mol. The van der Waals surface area contributed by atoms with Gasteiger partial charge in [0.2, 0.25) is 0 Å². The van der Waals surface area contributed by atoms with Crippen molar-refractivity contribution >= 4 is 11.6 Å². The second-order valence-electron chi connectivity index (χ2n) is 5.47. The van der Waals surface area contributed by atoms with Crippen LogP contribution in [0.25, 0.3) is 0 Å². The number of nitrogens with zero attached hydrogens (tertiary/aromatic N) is 3. The van der Waals surface area contributed by atoms with Crippen molar-refractivity contribution in [2.24, 2.45) is 0 Å². The highest BCUT2D eigenvalue weighted by Gasteiger charge is 2.18.